The molecule has 0 aliphatic carbocycles. The first-order valence-electron chi connectivity index (χ1n) is 10.5. The van der Waals surface area contributed by atoms with E-state index in [9.17, 15) is 24.6 Å². The molecule has 3 aromatic rings. The highest BCUT2D eigenvalue weighted by molar-refractivity contribution is 6.21. The van der Waals surface area contributed by atoms with Crippen LogP contribution in [0, 0.1) is 0 Å². The molecular formula is C24H23N3O7. The number of carbonyl (C=O) groups is 2. The van der Waals surface area contributed by atoms with Gasteiger partial charge in [0.25, 0.3) is 11.8 Å². The van der Waals surface area contributed by atoms with Crippen molar-refractivity contribution < 1.29 is 29.3 Å². The van der Waals surface area contributed by atoms with E-state index in [4.69, 9.17) is 9.47 Å². The molecule has 2 heterocycles. The van der Waals surface area contributed by atoms with E-state index in [1.807, 2.05) is 6.07 Å². The van der Waals surface area contributed by atoms with Crippen LogP contribution in [0.5, 0.6) is 11.6 Å². The molecule has 34 heavy (non-hydrogen) atoms. The predicted molar refractivity (Wildman–Crippen MR) is 120 cm³/mol. The maximum absolute atomic E-state index is 12.6. The first-order chi connectivity index (χ1) is 16.4. The average Bonchev–Trinajstić information content (AvgIpc) is 3.07. The van der Waals surface area contributed by atoms with Crippen molar-refractivity contribution in [1.29, 1.82) is 0 Å². The number of rotatable bonds is 9. The normalized spacial score (nSPS) is 13.8. The van der Waals surface area contributed by atoms with Gasteiger partial charge in [0.15, 0.2) is 0 Å². The van der Waals surface area contributed by atoms with E-state index in [1.54, 1.807) is 42.5 Å². The minimum absolute atomic E-state index is 0.111. The van der Waals surface area contributed by atoms with Crippen molar-refractivity contribution in [2.24, 2.45) is 0 Å². The summed E-state index contributed by atoms with van der Waals surface area (Å²) in [5.74, 6) is -0.659. The number of amides is 2. The maximum Gasteiger partial charge on any atom is 0.352 e. The van der Waals surface area contributed by atoms with Crippen molar-refractivity contribution in [2.45, 2.75) is 19.3 Å². The Labute approximate surface area is 194 Å². The summed E-state index contributed by atoms with van der Waals surface area (Å²) in [6, 6.07) is 13.1. The first kappa shape index (κ1) is 23.1. The molecule has 1 atom stereocenters. The van der Waals surface area contributed by atoms with Crippen LogP contribution in [0.15, 0.2) is 59.5 Å². The number of aliphatic hydroxyl groups is 1. The molecule has 176 valence electrons. The van der Waals surface area contributed by atoms with Crippen LogP contribution < -0.4 is 10.4 Å². The molecule has 2 N–H and O–H groups in total. The summed E-state index contributed by atoms with van der Waals surface area (Å²) in [4.78, 5) is 42.5. The van der Waals surface area contributed by atoms with Crippen LogP contribution in [0.25, 0.3) is 0 Å². The van der Waals surface area contributed by atoms with Crippen molar-refractivity contribution in [3.05, 3.63) is 87.5 Å². The molecular weight excluding hydrogens is 442 g/mol. The lowest BCUT2D eigenvalue weighted by Gasteiger charge is -2.22. The summed E-state index contributed by atoms with van der Waals surface area (Å²) in [7, 11) is 1.40. The van der Waals surface area contributed by atoms with E-state index in [-0.39, 0.29) is 24.9 Å². The number of imide groups is 1. The predicted octanol–water partition coefficient (Wildman–Crippen LogP) is 1.18. The standard InChI is InChI=1S/C24H23N3O7/c1-33-21-16(9-15-5-4-6-17(29)10-15)11-26(24(32)25-21)14-34-18(13-28)12-27-22(30)19-7-2-3-8-20(19)23(27)31/h2-8,10-11,18,28-29H,9,12-14H2,1H3. The van der Waals surface area contributed by atoms with Crippen molar-refractivity contribution in [1.82, 2.24) is 14.5 Å². The van der Waals surface area contributed by atoms with Gasteiger partial charge in [0, 0.05) is 18.2 Å². The van der Waals surface area contributed by atoms with Gasteiger partial charge in [0.1, 0.15) is 18.6 Å². The Morgan fingerprint density at radius 1 is 1.03 bits per heavy atom. The number of aliphatic hydroxyl groups excluding tert-OH is 1. The Morgan fingerprint density at radius 2 is 1.74 bits per heavy atom. The Morgan fingerprint density at radius 3 is 2.35 bits per heavy atom. The van der Waals surface area contributed by atoms with Gasteiger partial charge in [-0.3, -0.25) is 19.1 Å². The summed E-state index contributed by atoms with van der Waals surface area (Å²) < 4.78 is 12.1. The third-order valence-electron chi connectivity index (χ3n) is 5.45. The van der Waals surface area contributed by atoms with Gasteiger partial charge in [-0.05, 0) is 29.8 Å². The zero-order chi connectivity index (χ0) is 24.2. The molecule has 0 radical (unpaired) electrons. The number of benzene rings is 2. The molecule has 10 nitrogen and oxygen atoms in total. The highest BCUT2D eigenvalue weighted by Gasteiger charge is 2.36. The molecule has 0 spiro atoms. The second-order valence-electron chi connectivity index (χ2n) is 7.74. The number of nitrogens with zero attached hydrogens (tertiary/aromatic N) is 3. The van der Waals surface area contributed by atoms with E-state index in [1.165, 1.54) is 17.9 Å². The number of carbonyl (C=O) groups excluding carboxylic acids is 2. The lowest BCUT2D eigenvalue weighted by Crippen LogP contribution is -2.40. The number of fused-ring (bicyclic) bond motifs is 1. The number of phenolic OH excluding ortho intramolecular Hbond substituents is 1. The van der Waals surface area contributed by atoms with Gasteiger partial charge in [0.05, 0.1) is 31.4 Å². The zero-order valence-electron chi connectivity index (χ0n) is 18.4. The van der Waals surface area contributed by atoms with Crippen LogP contribution in [0.4, 0.5) is 0 Å². The molecule has 1 aliphatic rings. The van der Waals surface area contributed by atoms with Crippen LogP contribution in [0.1, 0.15) is 31.8 Å². The Kier molecular flexibility index (Phi) is 6.71. The molecule has 0 fully saturated rings. The van der Waals surface area contributed by atoms with E-state index < -0.39 is 30.2 Å². The molecule has 4 rings (SSSR count). The fourth-order valence-electron chi connectivity index (χ4n) is 3.76. The molecule has 0 saturated carbocycles. The summed E-state index contributed by atoms with van der Waals surface area (Å²) in [6.07, 6.45) is 0.948. The molecule has 0 saturated heterocycles. The lowest BCUT2D eigenvalue weighted by atomic mass is 10.1. The third kappa shape index (κ3) is 4.68. The first-order valence-corrected chi connectivity index (χ1v) is 10.5. The SMILES string of the molecule is COc1nc(=O)n(COC(CO)CN2C(=O)c3ccccc3C2=O)cc1Cc1cccc(O)c1. The van der Waals surface area contributed by atoms with Gasteiger partial charge < -0.3 is 19.7 Å². The van der Waals surface area contributed by atoms with Gasteiger partial charge in [-0.2, -0.15) is 4.98 Å². The van der Waals surface area contributed by atoms with Gasteiger partial charge >= 0.3 is 5.69 Å². The van der Waals surface area contributed by atoms with Crippen LogP contribution in [0.3, 0.4) is 0 Å². The van der Waals surface area contributed by atoms with E-state index >= 15 is 0 Å². The number of hydrogen-bond donors (Lipinski definition) is 2. The van der Waals surface area contributed by atoms with Gasteiger partial charge in [-0.1, -0.05) is 24.3 Å². The van der Waals surface area contributed by atoms with Crippen molar-refractivity contribution in [2.75, 3.05) is 20.3 Å². The van der Waals surface area contributed by atoms with E-state index in [0.717, 1.165) is 10.5 Å². The summed E-state index contributed by atoms with van der Waals surface area (Å²) in [5.41, 5.74) is 1.34. The zero-order valence-corrected chi connectivity index (χ0v) is 18.4. The van der Waals surface area contributed by atoms with Crippen LogP contribution in [-0.4, -0.2) is 62.8 Å². The highest BCUT2D eigenvalue weighted by Crippen LogP contribution is 2.23. The molecule has 0 bridgehead atoms. The Hall–Kier alpha value is -4.02. The molecule has 1 unspecified atom stereocenters. The fraction of sp³-hybridized carbons (Fsp3) is 0.250. The van der Waals surface area contributed by atoms with Crippen molar-refractivity contribution >= 4 is 11.8 Å². The third-order valence-corrected chi connectivity index (χ3v) is 5.45. The minimum Gasteiger partial charge on any atom is -0.508 e. The summed E-state index contributed by atoms with van der Waals surface area (Å²) >= 11 is 0. The van der Waals surface area contributed by atoms with Crippen LogP contribution in [0.2, 0.25) is 0 Å². The summed E-state index contributed by atoms with van der Waals surface area (Å²) in [5, 5.41) is 19.5. The quantitative estimate of drug-likeness (QED) is 0.451. The molecule has 10 heteroatoms. The number of aromatic hydroxyl groups is 1. The molecule has 1 aliphatic heterocycles. The van der Waals surface area contributed by atoms with Gasteiger partial charge in [0.2, 0.25) is 5.88 Å². The van der Waals surface area contributed by atoms with Crippen LogP contribution in [-0.2, 0) is 17.9 Å². The Balaban J connectivity index is 1.48. The topological polar surface area (TPSA) is 131 Å². The minimum atomic E-state index is -0.911. The van der Waals surface area contributed by atoms with E-state index in [0.29, 0.717) is 23.1 Å². The average molecular weight is 465 g/mol. The Bertz CT molecular complexity index is 1250. The van der Waals surface area contributed by atoms with Crippen molar-refractivity contribution in [3.63, 3.8) is 0 Å². The molecule has 2 aromatic carbocycles. The second kappa shape index (κ2) is 9.86. The number of hydrogen-bond acceptors (Lipinski definition) is 8. The van der Waals surface area contributed by atoms with Crippen molar-refractivity contribution in [3.8, 4) is 11.6 Å². The van der Waals surface area contributed by atoms with E-state index in [2.05, 4.69) is 4.98 Å². The number of aromatic nitrogens is 2. The monoisotopic (exact) mass is 465 g/mol. The number of ether oxygens (including phenoxy) is 2. The largest absolute Gasteiger partial charge is 0.508 e. The van der Waals surface area contributed by atoms with Crippen LogP contribution >= 0.6 is 0 Å². The number of phenols is 1. The fourth-order valence-corrected chi connectivity index (χ4v) is 3.76. The maximum atomic E-state index is 12.6. The van der Waals surface area contributed by atoms with Gasteiger partial charge in [-0.15, -0.1) is 0 Å². The number of methoxy groups -OCH3 is 1. The highest BCUT2D eigenvalue weighted by atomic mass is 16.5. The second-order valence-corrected chi connectivity index (χ2v) is 7.74. The smallest absolute Gasteiger partial charge is 0.352 e. The molecule has 1 aromatic heterocycles. The summed E-state index contributed by atoms with van der Waals surface area (Å²) in [6.45, 7) is -0.906. The van der Waals surface area contributed by atoms with Gasteiger partial charge in [-0.25, -0.2) is 4.79 Å². The molecule has 2 amide bonds. The lowest BCUT2D eigenvalue weighted by molar-refractivity contribution is -0.0354.